The highest BCUT2D eigenvalue weighted by atomic mass is 32.2. The number of hydrogen-bond donors (Lipinski definition) is 2. The Morgan fingerprint density at radius 3 is 2.67 bits per heavy atom. The van der Waals surface area contributed by atoms with Gasteiger partial charge in [0.15, 0.2) is 14.6 Å². The lowest BCUT2D eigenvalue weighted by Crippen LogP contribution is -2.57. The van der Waals surface area contributed by atoms with E-state index in [0.29, 0.717) is 38.9 Å². The third-order valence-corrected chi connectivity index (χ3v) is 6.68. The van der Waals surface area contributed by atoms with Crippen LogP contribution in [-0.2, 0) is 21.1 Å². The van der Waals surface area contributed by atoms with Gasteiger partial charge in [0.25, 0.3) is 0 Å². The first-order valence-corrected chi connectivity index (χ1v) is 9.98. The van der Waals surface area contributed by atoms with E-state index in [1.807, 2.05) is 30.3 Å². The Labute approximate surface area is 141 Å². The molecule has 0 aliphatic carbocycles. The third kappa shape index (κ3) is 3.18. The summed E-state index contributed by atoms with van der Waals surface area (Å²) in [5.74, 6) is 0.373. The highest BCUT2D eigenvalue weighted by molar-refractivity contribution is 7.92. The summed E-state index contributed by atoms with van der Waals surface area (Å²) in [5.41, 5.74) is 0.810. The number of rotatable bonds is 5. The predicted octanol–water partition coefficient (Wildman–Crippen LogP) is 1.26. The number of para-hydroxylation sites is 1. The largest absolute Gasteiger partial charge is 0.461 e. The number of amides is 1. The molecule has 3 rings (SSSR count). The van der Waals surface area contributed by atoms with E-state index in [9.17, 15) is 13.2 Å². The minimum atomic E-state index is -3.48. The number of fused-ring (bicyclic) bond motifs is 1. The van der Waals surface area contributed by atoms with E-state index in [0.717, 1.165) is 23.0 Å². The molecule has 6 nitrogen and oxygen atoms in total. The molecule has 2 aromatic rings. The molecule has 1 fully saturated rings. The van der Waals surface area contributed by atoms with Crippen LogP contribution in [0.2, 0.25) is 0 Å². The van der Waals surface area contributed by atoms with Crippen molar-refractivity contribution in [3.63, 3.8) is 0 Å². The molecule has 1 aromatic heterocycles. The van der Waals surface area contributed by atoms with Crippen LogP contribution in [0, 0.1) is 0 Å². The van der Waals surface area contributed by atoms with E-state index < -0.39 is 20.5 Å². The highest BCUT2D eigenvalue weighted by Gasteiger charge is 2.48. The molecular formula is C17H22N2O4S. The van der Waals surface area contributed by atoms with Crippen LogP contribution in [0.15, 0.2) is 34.7 Å². The van der Waals surface area contributed by atoms with Gasteiger partial charge in [-0.15, -0.1) is 0 Å². The monoisotopic (exact) mass is 350 g/mol. The normalized spacial score (nSPS) is 17.7. The molecule has 1 saturated heterocycles. The van der Waals surface area contributed by atoms with E-state index >= 15 is 0 Å². The van der Waals surface area contributed by atoms with Crippen molar-refractivity contribution in [2.75, 3.05) is 25.9 Å². The lowest BCUT2D eigenvalue weighted by atomic mass is 9.96. The van der Waals surface area contributed by atoms with Crippen molar-refractivity contribution in [1.82, 2.24) is 10.6 Å². The minimum absolute atomic E-state index is 0.308. The molecule has 1 aliphatic heterocycles. The zero-order valence-electron chi connectivity index (χ0n) is 13.7. The number of carbonyl (C=O) groups is 1. The lowest BCUT2D eigenvalue weighted by molar-refractivity contribution is -0.124. The molecule has 1 amide bonds. The average Bonchev–Trinajstić information content (AvgIpc) is 2.97. The summed E-state index contributed by atoms with van der Waals surface area (Å²) in [4.78, 5) is 12.6. The smallest absolute Gasteiger partial charge is 0.241 e. The van der Waals surface area contributed by atoms with Crippen molar-refractivity contribution in [3.05, 3.63) is 36.1 Å². The van der Waals surface area contributed by atoms with Gasteiger partial charge < -0.3 is 15.1 Å². The molecule has 1 aromatic carbocycles. The van der Waals surface area contributed by atoms with Crippen LogP contribution in [0.25, 0.3) is 11.0 Å². The van der Waals surface area contributed by atoms with Crippen LogP contribution in [0.4, 0.5) is 0 Å². The number of piperidine rings is 1. The number of sulfone groups is 1. The summed E-state index contributed by atoms with van der Waals surface area (Å²) in [6.07, 6.45) is 2.29. The van der Waals surface area contributed by atoms with Crippen LogP contribution in [0.5, 0.6) is 0 Å². The van der Waals surface area contributed by atoms with Gasteiger partial charge in [0, 0.05) is 24.6 Å². The zero-order chi connectivity index (χ0) is 17.2. The first-order chi connectivity index (χ1) is 11.4. The first kappa shape index (κ1) is 17.0. The van der Waals surface area contributed by atoms with E-state index in [4.69, 9.17) is 4.42 Å². The zero-order valence-corrected chi connectivity index (χ0v) is 14.5. The Bertz CT molecular complexity index is 802. The second-order valence-corrected chi connectivity index (χ2v) is 8.60. The molecule has 0 saturated carbocycles. The van der Waals surface area contributed by atoms with Crippen molar-refractivity contribution >= 4 is 26.7 Å². The van der Waals surface area contributed by atoms with Crippen LogP contribution in [-0.4, -0.2) is 45.0 Å². The van der Waals surface area contributed by atoms with Gasteiger partial charge in [0.05, 0.1) is 0 Å². The van der Waals surface area contributed by atoms with Crippen LogP contribution in [0.1, 0.15) is 18.6 Å². The molecule has 1 aliphatic rings. The molecule has 0 bridgehead atoms. The molecule has 0 spiro atoms. The second kappa shape index (κ2) is 6.57. The van der Waals surface area contributed by atoms with Crippen molar-refractivity contribution in [2.24, 2.45) is 0 Å². The van der Waals surface area contributed by atoms with Gasteiger partial charge in [0.1, 0.15) is 11.3 Å². The van der Waals surface area contributed by atoms with Gasteiger partial charge in [-0.3, -0.25) is 4.79 Å². The lowest BCUT2D eigenvalue weighted by Gasteiger charge is -2.34. The first-order valence-electron chi connectivity index (χ1n) is 8.08. The van der Waals surface area contributed by atoms with Crippen molar-refractivity contribution in [3.8, 4) is 0 Å². The maximum absolute atomic E-state index is 12.6. The Morgan fingerprint density at radius 1 is 1.29 bits per heavy atom. The molecule has 2 N–H and O–H groups in total. The third-order valence-electron chi connectivity index (χ3n) is 4.67. The summed E-state index contributed by atoms with van der Waals surface area (Å²) in [7, 11) is -3.48. The molecule has 7 heteroatoms. The number of carbonyl (C=O) groups excluding carboxylic acids is 1. The van der Waals surface area contributed by atoms with Crippen molar-refractivity contribution < 1.29 is 17.6 Å². The van der Waals surface area contributed by atoms with Gasteiger partial charge in [-0.05, 0) is 38.1 Å². The number of benzene rings is 1. The number of nitrogens with one attached hydrogen (secondary N) is 2. The maximum atomic E-state index is 12.6. The summed E-state index contributed by atoms with van der Waals surface area (Å²) in [6.45, 7) is 1.41. The van der Waals surface area contributed by atoms with Crippen molar-refractivity contribution in [2.45, 2.75) is 24.0 Å². The predicted molar refractivity (Wildman–Crippen MR) is 92.6 cm³/mol. The van der Waals surface area contributed by atoms with Crippen LogP contribution in [0.3, 0.4) is 0 Å². The molecule has 130 valence electrons. The summed E-state index contributed by atoms with van der Waals surface area (Å²) in [5, 5.41) is 6.91. The second-order valence-electron chi connectivity index (χ2n) is 6.27. The van der Waals surface area contributed by atoms with Gasteiger partial charge in [-0.1, -0.05) is 18.2 Å². The molecule has 0 radical (unpaired) electrons. The van der Waals surface area contributed by atoms with Crippen LogP contribution < -0.4 is 10.6 Å². The molecule has 24 heavy (non-hydrogen) atoms. The summed E-state index contributed by atoms with van der Waals surface area (Å²) in [6, 6.07) is 9.65. The Hall–Kier alpha value is -1.86. The van der Waals surface area contributed by atoms with Crippen molar-refractivity contribution in [1.29, 1.82) is 0 Å². The van der Waals surface area contributed by atoms with Crippen LogP contribution >= 0.6 is 0 Å². The fourth-order valence-corrected chi connectivity index (χ4v) is 4.57. The van der Waals surface area contributed by atoms with E-state index in [1.165, 1.54) is 0 Å². The van der Waals surface area contributed by atoms with Gasteiger partial charge in [0.2, 0.25) is 5.91 Å². The molecule has 0 atom stereocenters. The number of hydrogen-bond acceptors (Lipinski definition) is 5. The fourth-order valence-electron chi connectivity index (χ4n) is 3.22. The quantitative estimate of drug-likeness (QED) is 0.847. The van der Waals surface area contributed by atoms with E-state index in [2.05, 4.69) is 10.6 Å². The average molecular weight is 350 g/mol. The molecular weight excluding hydrogens is 328 g/mol. The van der Waals surface area contributed by atoms with Gasteiger partial charge >= 0.3 is 0 Å². The highest BCUT2D eigenvalue weighted by Crippen LogP contribution is 2.28. The van der Waals surface area contributed by atoms with E-state index in [1.54, 1.807) is 0 Å². The Morgan fingerprint density at radius 2 is 2.00 bits per heavy atom. The summed E-state index contributed by atoms with van der Waals surface area (Å²) < 4.78 is 28.8. The Balaban J connectivity index is 1.65. The fraction of sp³-hybridized carbons (Fsp3) is 0.471. The minimum Gasteiger partial charge on any atom is -0.461 e. The molecule has 2 heterocycles. The number of furan rings is 1. The molecule has 0 unspecified atom stereocenters. The summed E-state index contributed by atoms with van der Waals surface area (Å²) >= 11 is 0. The topological polar surface area (TPSA) is 88.4 Å². The van der Waals surface area contributed by atoms with Gasteiger partial charge in [-0.2, -0.15) is 0 Å². The Kier molecular flexibility index (Phi) is 4.64. The standard InChI is InChI=1S/C17H22N2O4S/c1-24(21,22)17(7-10-18-11-8-17)16(20)19-9-6-14-12-13-4-2-3-5-15(13)23-14/h2-5,12,18H,6-11H2,1H3,(H,19,20). The van der Waals surface area contributed by atoms with E-state index in [-0.39, 0.29) is 0 Å². The van der Waals surface area contributed by atoms with Gasteiger partial charge in [-0.25, -0.2) is 8.42 Å². The SMILES string of the molecule is CS(=O)(=O)C1(C(=O)NCCc2cc3ccccc3o2)CCNCC1. The maximum Gasteiger partial charge on any atom is 0.241 e.